The number of nitrogens with one attached hydrogen (secondary N) is 1. The minimum atomic E-state index is -0.593. The number of esters is 1. The Bertz CT molecular complexity index is 437. The molecule has 0 saturated carbocycles. The number of hydrogen-bond donors (Lipinski definition) is 1. The first kappa shape index (κ1) is 26.3. The zero-order chi connectivity index (χ0) is 20.9. The van der Waals surface area contributed by atoms with Gasteiger partial charge in [-0.25, -0.2) is 4.79 Å². The zero-order valence-electron chi connectivity index (χ0n) is 17.2. The molecule has 0 saturated heterocycles. The van der Waals surface area contributed by atoms with E-state index in [0.29, 0.717) is 46.1 Å². The third-order valence-electron chi connectivity index (χ3n) is 3.69. The maximum absolute atomic E-state index is 11.9. The van der Waals surface area contributed by atoms with Crippen LogP contribution in [0.3, 0.4) is 0 Å². The molecule has 0 aliphatic rings. The molecule has 1 atom stereocenters. The fourth-order valence-electron chi connectivity index (χ4n) is 2.21. The van der Waals surface area contributed by atoms with Gasteiger partial charge < -0.3 is 29.0 Å². The molecule has 0 aromatic heterocycles. The van der Waals surface area contributed by atoms with E-state index in [1.54, 1.807) is 0 Å². The predicted molar refractivity (Wildman–Crippen MR) is 105 cm³/mol. The monoisotopic (exact) mass is 401 g/mol. The highest BCUT2D eigenvalue weighted by molar-refractivity contribution is 5.84. The molecule has 0 bridgehead atoms. The number of amides is 1. The lowest BCUT2D eigenvalue weighted by Crippen LogP contribution is -2.41. The average Bonchev–Trinajstić information content (AvgIpc) is 2.70. The molecule has 0 spiro atoms. The lowest BCUT2D eigenvalue weighted by molar-refractivity contribution is -0.145. The molecule has 0 aliphatic carbocycles. The van der Waals surface area contributed by atoms with E-state index in [1.165, 1.54) is 7.11 Å². The molecule has 0 fully saturated rings. The van der Waals surface area contributed by atoms with Gasteiger partial charge in [0.15, 0.2) is 0 Å². The van der Waals surface area contributed by atoms with Crippen molar-refractivity contribution in [2.45, 2.75) is 45.1 Å². The van der Waals surface area contributed by atoms with Crippen molar-refractivity contribution in [3.63, 3.8) is 0 Å². The molecular weight excluding hydrogens is 366 g/mol. The van der Waals surface area contributed by atoms with E-state index in [2.05, 4.69) is 18.2 Å². The molecule has 0 rings (SSSR count). The molecule has 0 aromatic rings. The van der Waals surface area contributed by atoms with Crippen LogP contribution in [0, 0.1) is 12.3 Å². The van der Waals surface area contributed by atoms with Crippen molar-refractivity contribution in [2.24, 2.45) is 0 Å². The van der Waals surface area contributed by atoms with Crippen LogP contribution in [0.25, 0.3) is 0 Å². The quantitative estimate of drug-likeness (QED) is 0.198. The van der Waals surface area contributed by atoms with Crippen molar-refractivity contribution in [1.29, 1.82) is 0 Å². The number of rotatable bonds is 19. The van der Waals surface area contributed by atoms with E-state index in [4.69, 9.17) is 30.1 Å². The van der Waals surface area contributed by atoms with Gasteiger partial charge in [-0.1, -0.05) is 32.1 Å². The second-order valence-electron chi connectivity index (χ2n) is 5.98. The first-order valence-corrected chi connectivity index (χ1v) is 9.77. The Labute approximate surface area is 168 Å². The Morgan fingerprint density at radius 2 is 1.50 bits per heavy atom. The summed E-state index contributed by atoms with van der Waals surface area (Å²) in [6.07, 6.45) is 8.74. The second kappa shape index (κ2) is 20.1. The number of terminal acetylenes is 1. The van der Waals surface area contributed by atoms with Gasteiger partial charge in [0.1, 0.15) is 12.6 Å². The molecule has 162 valence electrons. The minimum Gasteiger partial charge on any atom is -0.467 e. The van der Waals surface area contributed by atoms with Gasteiger partial charge >= 0.3 is 5.97 Å². The van der Waals surface area contributed by atoms with Crippen LogP contribution in [0.1, 0.15) is 39.0 Å². The highest BCUT2D eigenvalue weighted by Gasteiger charge is 2.20. The van der Waals surface area contributed by atoms with Crippen LogP contribution in [0.2, 0.25) is 0 Å². The van der Waals surface area contributed by atoms with Crippen molar-refractivity contribution in [2.75, 3.05) is 60.0 Å². The third kappa shape index (κ3) is 16.5. The molecule has 8 heteroatoms. The molecular formula is C20H35NO7. The number of methoxy groups -OCH3 is 1. The van der Waals surface area contributed by atoms with E-state index in [-0.39, 0.29) is 25.5 Å². The van der Waals surface area contributed by atoms with E-state index in [0.717, 1.165) is 19.3 Å². The zero-order valence-corrected chi connectivity index (χ0v) is 17.2. The normalized spacial score (nSPS) is 11.6. The van der Waals surface area contributed by atoms with Gasteiger partial charge in [0.25, 0.3) is 0 Å². The van der Waals surface area contributed by atoms with Crippen LogP contribution in [0.5, 0.6) is 0 Å². The van der Waals surface area contributed by atoms with Crippen molar-refractivity contribution in [1.82, 2.24) is 5.32 Å². The van der Waals surface area contributed by atoms with Gasteiger partial charge in [0, 0.05) is 6.42 Å². The number of hydrogen-bond acceptors (Lipinski definition) is 7. The van der Waals surface area contributed by atoms with Gasteiger partial charge in [-0.15, -0.1) is 6.42 Å². The summed E-state index contributed by atoms with van der Waals surface area (Å²) in [5.74, 6) is 1.73. The maximum atomic E-state index is 11.9. The Morgan fingerprint density at radius 3 is 2.04 bits per heavy atom. The van der Waals surface area contributed by atoms with Crippen molar-refractivity contribution in [3.05, 3.63) is 0 Å². The molecule has 0 heterocycles. The average molecular weight is 402 g/mol. The topological polar surface area (TPSA) is 92.3 Å². The molecule has 1 amide bonds. The van der Waals surface area contributed by atoms with Crippen molar-refractivity contribution >= 4 is 11.9 Å². The lowest BCUT2D eigenvalue weighted by Gasteiger charge is -2.16. The van der Waals surface area contributed by atoms with E-state index in [9.17, 15) is 9.59 Å². The number of unbranched alkanes of at least 4 members (excludes halogenated alkanes) is 2. The van der Waals surface area contributed by atoms with Crippen LogP contribution in [0.4, 0.5) is 0 Å². The Kier molecular flexibility index (Phi) is 18.9. The highest BCUT2D eigenvalue weighted by Crippen LogP contribution is 2.05. The summed E-state index contributed by atoms with van der Waals surface area (Å²) < 4.78 is 25.8. The largest absolute Gasteiger partial charge is 0.467 e. The first-order valence-electron chi connectivity index (χ1n) is 9.77. The molecule has 0 aliphatic heterocycles. The summed E-state index contributed by atoms with van der Waals surface area (Å²) in [6, 6.07) is -0.593. The fraction of sp³-hybridized carbons (Fsp3) is 0.800. The first-order chi connectivity index (χ1) is 13.7. The summed E-state index contributed by atoms with van der Waals surface area (Å²) >= 11 is 0. The number of ether oxygens (including phenoxy) is 5. The van der Waals surface area contributed by atoms with Crippen LogP contribution >= 0.6 is 0 Å². The predicted octanol–water partition coefficient (Wildman–Crippen LogP) is 1.31. The fourth-order valence-corrected chi connectivity index (χ4v) is 2.21. The summed E-state index contributed by atoms with van der Waals surface area (Å²) in [5, 5.41) is 2.71. The number of carbonyl (C=O) groups is 2. The van der Waals surface area contributed by atoms with Crippen LogP contribution < -0.4 is 5.32 Å². The van der Waals surface area contributed by atoms with Gasteiger partial charge in [0.2, 0.25) is 5.91 Å². The molecule has 8 nitrogen and oxygen atoms in total. The van der Waals surface area contributed by atoms with Gasteiger partial charge in [-0.2, -0.15) is 0 Å². The Balaban J connectivity index is 3.59. The second-order valence-corrected chi connectivity index (χ2v) is 5.98. The van der Waals surface area contributed by atoms with E-state index < -0.39 is 12.0 Å². The molecule has 0 unspecified atom stereocenters. The lowest BCUT2D eigenvalue weighted by atomic mass is 10.1. The van der Waals surface area contributed by atoms with Crippen LogP contribution in [-0.4, -0.2) is 77.9 Å². The van der Waals surface area contributed by atoms with Crippen LogP contribution in [-0.2, 0) is 33.3 Å². The molecule has 28 heavy (non-hydrogen) atoms. The van der Waals surface area contributed by atoms with Crippen LogP contribution in [0.15, 0.2) is 0 Å². The SMILES string of the molecule is C#CCOCCOCCOCCOCCC(=O)N[C@@H](CCCCC)C(=O)OC. The standard InChI is InChI=1S/C20H35NO7/c1-4-6-7-8-18(20(23)24-3)21-19(22)9-11-26-13-15-28-17-16-27-14-12-25-10-5-2/h2,18H,4,6-17H2,1,3H3,(H,21,22)/t18-/m0/s1. The van der Waals surface area contributed by atoms with E-state index >= 15 is 0 Å². The van der Waals surface area contributed by atoms with Crippen molar-refractivity contribution in [3.8, 4) is 12.3 Å². The summed E-state index contributed by atoms with van der Waals surface area (Å²) in [7, 11) is 1.32. The van der Waals surface area contributed by atoms with Gasteiger partial charge in [-0.3, -0.25) is 4.79 Å². The molecule has 0 aromatic carbocycles. The summed E-state index contributed by atoms with van der Waals surface area (Å²) in [5.41, 5.74) is 0. The number of carbonyl (C=O) groups excluding carboxylic acids is 2. The summed E-state index contributed by atoms with van der Waals surface area (Å²) in [6.45, 7) is 5.30. The summed E-state index contributed by atoms with van der Waals surface area (Å²) in [4.78, 5) is 23.7. The Hall–Kier alpha value is -1.66. The minimum absolute atomic E-state index is 0.183. The highest BCUT2D eigenvalue weighted by atomic mass is 16.6. The maximum Gasteiger partial charge on any atom is 0.328 e. The van der Waals surface area contributed by atoms with Crippen molar-refractivity contribution < 1.29 is 33.3 Å². The van der Waals surface area contributed by atoms with Gasteiger partial charge in [0.05, 0.1) is 53.4 Å². The third-order valence-corrected chi connectivity index (χ3v) is 3.69. The molecule has 0 radical (unpaired) electrons. The Morgan fingerprint density at radius 1 is 0.929 bits per heavy atom. The van der Waals surface area contributed by atoms with Gasteiger partial charge in [-0.05, 0) is 6.42 Å². The van der Waals surface area contributed by atoms with E-state index in [1.807, 2.05) is 0 Å². The molecule has 1 N–H and O–H groups in total. The smallest absolute Gasteiger partial charge is 0.328 e.